The van der Waals surface area contributed by atoms with Gasteiger partial charge in [-0.25, -0.2) is 4.98 Å². The van der Waals surface area contributed by atoms with Crippen LogP contribution in [-0.2, 0) is 0 Å². The molecule has 0 saturated heterocycles. The molecule has 10 aromatic rings. The molecule has 0 fully saturated rings. The Morgan fingerprint density at radius 1 is 0.477 bits per heavy atom. The minimum Gasteiger partial charge on any atom is -0.436 e. The second-order valence-electron chi connectivity index (χ2n) is 11.1. The number of fused-ring (bicyclic) bond motifs is 8. The van der Waals surface area contributed by atoms with Gasteiger partial charge in [0.15, 0.2) is 11.2 Å². The maximum atomic E-state index is 6.38. The van der Waals surface area contributed by atoms with Crippen molar-refractivity contribution in [3.63, 3.8) is 0 Å². The minimum atomic E-state index is 0.534. The van der Waals surface area contributed by atoms with Crippen LogP contribution in [0.25, 0.3) is 92.8 Å². The van der Waals surface area contributed by atoms with Crippen LogP contribution in [0, 0.1) is 0 Å². The molecule has 6 aromatic carbocycles. The van der Waals surface area contributed by atoms with Gasteiger partial charge in [0.25, 0.3) is 0 Å². The van der Waals surface area contributed by atoms with Gasteiger partial charge < -0.3 is 8.83 Å². The van der Waals surface area contributed by atoms with Gasteiger partial charge in [-0.1, -0.05) is 66.7 Å². The predicted octanol–water partition coefficient (Wildman–Crippen LogP) is 10.8. The molecule has 6 heteroatoms. The number of hydrogen-bond acceptors (Lipinski definition) is 5. The average molecular weight is 584 g/mol. The van der Waals surface area contributed by atoms with Gasteiger partial charge in [-0.3, -0.25) is 4.57 Å². The summed E-state index contributed by atoms with van der Waals surface area (Å²) in [5.41, 5.74) is 8.22. The van der Waals surface area contributed by atoms with Crippen molar-refractivity contribution in [3.05, 3.63) is 127 Å². The maximum Gasteiger partial charge on any atom is 0.307 e. The molecule has 4 heterocycles. The lowest BCUT2D eigenvalue weighted by Gasteiger charge is -2.02. The molecule has 0 aliphatic heterocycles. The van der Waals surface area contributed by atoms with Crippen molar-refractivity contribution in [1.29, 1.82) is 0 Å². The Labute approximate surface area is 254 Å². The third-order valence-electron chi connectivity index (χ3n) is 8.49. The van der Waals surface area contributed by atoms with Crippen LogP contribution in [0.3, 0.4) is 0 Å². The Kier molecular flexibility index (Phi) is 4.81. The average Bonchev–Trinajstić information content (AvgIpc) is 3.84. The second kappa shape index (κ2) is 8.89. The second-order valence-corrected chi connectivity index (χ2v) is 12.1. The topological polar surface area (TPSA) is 57.0 Å². The first-order valence-corrected chi connectivity index (χ1v) is 15.3. The van der Waals surface area contributed by atoms with Crippen molar-refractivity contribution in [1.82, 2.24) is 14.5 Å². The number of oxazole rings is 2. The van der Waals surface area contributed by atoms with Crippen molar-refractivity contribution in [2.24, 2.45) is 0 Å². The zero-order valence-corrected chi connectivity index (χ0v) is 24.0. The molecule has 4 aromatic heterocycles. The van der Waals surface area contributed by atoms with E-state index in [0.717, 1.165) is 44.3 Å². The van der Waals surface area contributed by atoms with Crippen LogP contribution in [0.2, 0.25) is 0 Å². The molecule has 5 nitrogen and oxygen atoms in total. The van der Waals surface area contributed by atoms with E-state index in [2.05, 4.69) is 95.6 Å². The van der Waals surface area contributed by atoms with Gasteiger partial charge in [0, 0.05) is 36.5 Å². The Hall–Kier alpha value is -5.72. The number of thiophene rings is 1. The van der Waals surface area contributed by atoms with Gasteiger partial charge in [-0.15, -0.1) is 11.3 Å². The SMILES string of the molecule is c1ccc2c(c1)sc1ccc(-c3ccc4nc(-c5ccc6nc(-n7c8ccccc8c8ccccc87)oc6c5)oc4c3)cc12. The molecular weight excluding hydrogens is 563 g/mol. The van der Waals surface area contributed by atoms with Crippen molar-refractivity contribution in [3.8, 4) is 28.6 Å². The van der Waals surface area contributed by atoms with Gasteiger partial charge in [-0.05, 0) is 71.8 Å². The molecule has 0 aliphatic carbocycles. The van der Waals surface area contributed by atoms with Crippen LogP contribution >= 0.6 is 11.3 Å². The first-order valence-electron chi connectivity index (χ1n) is 14.5. The summed E-state index contributed by atoms with van der Waals surface area (Å²) >= 11 is 1.83. The number of benzene rings is 6. The monoisotopic (exact) mass is 583 g/mol. The number of aromatic nitrogens is 3. The van der Waals surface area contributed by atoms with Crippen molar-refractivity contribution >= 4 is 75.5 Å². The standard InChI is InChI=1S/C38H21N3O2S/c1-4-10-31-25(7-1)26-8-2-5-11-32(26)41(31)38-40-30-17-14-24(21-34(30)43-38)37-39-29-16-13-23(20-33(29)42-37)22-15-18-36-28(19-22)27-9-3-6-12-35(27)44-36/h1-21H. The summed E-state index contributed by atoms with van der Waals surface area (Å²) in [5, 5.41) is 4.91. The quantitative estimate of drug-likeness (QED) is 0.208. The van der Waals surface area contributed by atoms with Crippen LogP contribution < -0.4 is 0 Å². The highest BCUT2D eigenvalue weighted by molar-refractivity contribution is 7.25. The highest BCUT2D eigenvalue weighted by Crippen LogP contribution is 2.38. The Balaban J connectivity index is 1.05. The van der Waals surface area contributed by atoms with Crippen molar-refractivity contribution < 1.29 is 8.83 Å². The molecule has 0 aliphatic rings. The lowest BCUT2D eigenvalue weighted by atomic mass is 10.0. The molecule has 206 valence electrons. The van der Waals surface area contributed by atoms with E-state index >= 15 is 0 Å². The van der Waals surface area contributed by atoms with E-state index in [4.69, 9.17) is 18.8 Å². The highest BCUT2D eigenvalue weighted by Gasteiger charge is 2.18. The number of para-hydroxylation sites is 2. The molecule has 0 spiro atoms. The van der Waals surface area contributed by atoms with E-state index in [1.54, 1.807) is 0 Å². The molecule has 0 radical (unpaired) electrons. The fourth-order valence-electron chi connectivity index (χ4n) is 6.40. The zero-order chi connectivity index (χ0) is 28.8. The number of nitrogens with zero attached hydrogens (tertiary/aromatic N) is 3. The zero-order valence-electron chi connectivity index (χ0n) is 23.2. The lowest BCUT2D eigenvalue weighted by Crippen LogP contribution is -1.93. The summed E-state index contributed by atoms with van der Waals surface area (Å²) in [6, 6.07) is 44.6. The van der Waals surface area contributed by atoms with Gasteiger partial charge in [0.2, 0.25) is 5.89 Å². The summed E-state index contributed by atoms with van der Waals surface area (Å²) < 4.78 is 17.4. The fraction of sp³-hybridized carbons (Fsp3) is 0. The van der Waals surface area contributed by atoms with Crippen molar-refractivity contribution in [2.45, 2.75) is 0 Å². The van der Waals surface area contributed by atoms with E-state index in [0.29, 0.717) is 17.5 Å². The van der Waals surface area contributed by atoms with Gasteiger partial charge >= 0.3 is 6.01 Å². The maximum absolute atomic E-state index is 6.38. The van der Waals surface area contributed by atoms with Crippen LogP contribution in [0.1, 0.15) is 0 Å². The predicted molar refractivity (Wildman–Crippen MR) is 180 cm³/mol. The van der Waals surface area contributed by atoms with E-state index < -0.39 is 0 Å². The van der Waals surface area contributed by atoms with E-state index in [1.165, 1.54) is 30.9 Å². The molecule has 0 N–H and O–H groups in total. The summed E-state index contributed by atoms with van der Waals surface area (Å²) in [4.78, 5) is 9.67. The van der Waals surface area contributed by atoms with Crippen molar-refractivity contribution in [2.75, 3.05) is 0 Å². The molecule has 10 rings (SSSR count). The summed E-state index contributed by atoms with van der Waals surface area (Å²) in [6.07, 6.45) is 0. The lowest BCUT2D eigenvalue weighted by molar-refractivity contribution is 0.574. The molecule has 0 amide bonds. The van der Waals surface area contributed by atoms with Crippen LogP contribution in [0.5, 0.6) is 0 Å². The first-order chi connectivity index (χ1) is 21.8. The largest absolute Gasteiger partial charge is 0.436 e. The molecular formula is C38H21N3O2S. The van der Waals surface area contributed by atoms with Gasteiger partial charge in [0.05, 0.1) is 11.0 Å². The summed E-state index contributed by atoms with van der Waals surface area (Å²) in [5.74, 6) is 0.549. The Morgan fingerprint density at radius 3 is 1.89 bits per heavy atom. The Morgan fingerprint density at radius 2 is 1.07 bits per heavy atom. The molecule has 44 heavy (non-hydrogen) atoms. The molecule has 0 atom stereocenters. The van der Waals surface area contributed by atoms with Gasteiger partial charge in [-0.2, -0.15) is 4.98 Å². The van der Waals surface area contributed by atoms with E-state index in [9.17, 15) is 0 Å². The van der Waals surface area contributed by atoms with Crippen LogP contribution in [0.15, 0.2) is 136 Å². The van der Waals surface area contributed by atoms with E-state index in [-0.39, 0.29) is 0 Å². The van der Waals surface area contributed by atoms with Gasteiger partial charge in [0.1, 0.15) is 11.0 Å². The summed E-state index contributed by atoms with van der Waals surface area (Å²) in [6.45, 7) is 0. The number of hydrogen-bond donors (Lipinski definition) is 0. The third-order valence-corrected chi connectivity index (χ3v) is 9.65. The normalized spacial score (nSPS) is 12.1. The van der Waals surface area contributed by atoms with Crippen LogP contribution in [-0.4, -0.2) is 14.5 Å². The van der Waals surface area contributed by atoms with Crippen LogP contribution in [0.4, 0.5) is 0 Å². The Bertz CT molecular complexity index is 2690. The highest BCUT2D eigenvalue weighted by atomic mass is 32.1. The molecule has 0 unspecified atom stereocenters. The first kappa shape index (κ1) is 23.8. The smallest absolute Gasteiger partial charge is 0.307 e. The summed E-state index contributed by atoms with van der Waals surface area (Å²) in [7, 11) is 0. The number of rotatable bonds is 3. The van der Waals surface area contributed by atoms with E-state index in [1.807, 2.05) is 47.7 Å². The fourth-order valence-corrected chi connectivity index (χ4v) is 7.49. The molecule has 0 saturated carbocycles. The minimum absolute atomic E-state index is 0.534. The third kappa shape index (κ3) is 3.46. The molecule has 0 bridgehead atoms.